The molecule has 6 heteroatoms. The highest BCUT2D eigenvalue weighted by molar-refractivity contribution is 6.30. The summed E-state index contributed by atoms with van der Waals surface area (Å²) in [5, 5.41) is 8.28. The molecule has 0 amide bonds. The summed E-state index contributed by atoms with van der Waals surface area (Å²) in [6, 6.07) is 12.9. The molecule has 0 saturated heterocycles. The molecular formula is C15H9ClFN3O. The molecule has 0 aliphatic rings. The summed E-state index contributed by atoms with van der Waals surface area (Å²) in [5.41, 5.74) is 1.80. The standard InChI is InChI=1S/C15H9ClFN3O/c16-11-4-1-3-10(7-11)15-14(9-21)18-19-20(15)13-6-2-5-12(17)8-13/h1-9H. The fourth-order valence-corrected chi connectivity index (χ4v) is 2.26. The van der Waals surface area contributed by atoms with Gasteiger partial charge in [0, 0.05) is 10.6 Å². The van der Waals surface area contributed by atoms with Crippen molar-refractivity contribution in [1.29, 1.82) is 0 Å². The lowest BCUT2D eigenvalue weighted by Gasteiger charge is -2.07. The fraction of sp³-hybridized carbons (Fsp3) is 0. The van der Waals surface area contributed by atoms with E-state index in [-0.39, 0.29) is 5.69 Å². The second kappa shape index (κ2) is 5.46. The Balaban J connectivity index is 2.24. The molecule has 0 fully saturated rings. The maximum Gasteiger partial charge on any atom is 0.172 e. The second-order valence-electron chi connectivity index (χ2n) is 4.34. The van der Waals surface area contributed by atoms with E-state index in [4.69, 9.17) is 11.6 Å². The van der Waals surface area contributed by atoms with Crippen LogP contribution in [0, 0.1) is 5.82 Å². The van der Waals surface area contributed by atoms with Crippen molar-refractivity contribution < 1.29 is 9.18 Å². The van der Waals surface area contributed by atoms with Crippen molar-refractivity contribution in [3.05, 3.63) is 65.1 Å². The van der Waals surface area contributed by atoms with Crippen LogP contribution < -0.4 is 0 Å². The Morgan fingerprint density at radius 1 is 1.14 bits per heavy atom. The summed E-state index contributed by atoms with van der Waals surface area (Å²) in [6.45, 7) is 0. The third-order valence-corrected chi connectivity index (χ3v) is 3.19. The van der Waals surface area contributed by atoms with E-state index >= 15 is 0 Å². The molecule has 0 radical (unpaired) electrons. The van der Waals surface area contributed by atoms with E-state index in [0.717, 1.165) is 0 Å². The van der Waals surface area contributed by atoms with E-state index in [2.05, 4.69) is 10.3 Å². The van der Waals surface area contributed by atoms with Crippen LogP contribution >= 0.6 is 11.6 Å². The number of carbonyl (C=O) groups excluding carboxylic acids is 1. The van der Waals surface area contributed by atoms with Crippen molar-refractivity contribution in [3.63, 3.8) is 0 Å². The van der Waals surface area contributed by atoms with Crippen LogP contribution in [-0.2, 0) is 0 Å². The van der Waals surface area contributed by atoms with Gasteiger partial charge in [0.2, 0.25) is 0 Å². The van der Waals surface area contributed by atoms with E-state index in [0.29, 0.717) is 28.3 Å². The van der Waals surface area contributed by atoms with Gasteiger partial charge in [0.1, 0.15) is 11.5 Å². The van der Waals surface area contributed by atoms with Crippen molar-refractivity contribution in [2.24, 2.45) is 0 Å². The predicted octanol–water partition coefficient (Wildman–Crippen LogP) is 3.54. The largest absolute Gasteiger partial charge is 0.296 e. The smallest absolute Gasteiger partial charge is 0.172 e. The molecule has 104 valence electrons. The van der Waals surface area contributed by atoms with Gasteiger partial charge in [-0.25, -0.2) is 9.07 Å². The zero-order chi connectivity index (χ0) is 14.8. The van der Waals surface area contributed by atoms with Crippen LogP contribution in [0.3, 0.4) is 0 Å². The summed E-state index contributed by atoms with van der Waals surface area (Å²) in [4.78, 5) is 11.2. The highest BCUT2D eigenvalue weighted by Gasteiger charge is 2.16. The summed E-state index contributed by atoms with van der Waals surface area (Å²) < 4.78 is 14.8. The molecule has 0 spiro atoms. The Bertz CT molecular complexity index is 816. The van der Waals surface area contributed by atoms with Gasteiger partial charge in [0.25, 0.3) is 0 Å². The Labute approximate surface area is 124 Å². The minimum Gasteiger partial charge on any atom is -0.296 e. The molecule has 1 aromatic heterocycles. The van der Waals surface area contributed by atoms with Crippen LogP contribution in [0.1, 0.15) is 10.5 Å². The van der Waals surface area contributed by atoms with Crippen LogP contribution in [0.25, 0.3) is 16.9 Å². The van der Waals surface area contributed by atoms with Crippen molar-refractivity contribution in [2.45, 2.75) is 0 Å². The Kier molecular flexibility index (Phi) is 3.50. The van der Waals surface area contributed by atoms with Crippen molar-refractivity contribution in [2.75, 3.05) is 0 Å². The number of aromatic nitrogens is 3. The minimum absolute atomic E-state index is 0.168. The van der Waals surface area contributed by atoms with Gasteiger partial charge in [-0.2, -0.15) is 0 Å². The van der Waals surface area contributed by atoms with Gasteiger partial charge in [-0.15, -0.1) is 5.10 Å². The molecule has 4 nitrogen and oxygen atoms in total. The van der Waals surface area contributed by atoms with Crippen LogP contribution in [0.15, 0.2) is 48.5 Å². The summed E-state index contributed by atoms with van der Waals surface area (Å²) >= 11 is 5.98. The Morgan fingerprint density at radius 2 is 1.95 bits per heavy atom. The minimum atomic E-state index is -0.396. The second-order valence-corrected chi connectivity index (χ2v) is 4.78. The van der Waals surface area contributed by atoms with Gasteiger partial charge in [-0.1, -0.05) is 35.0 Å². The number of aldehydes is 1. The quantitative estimate of drug-likeness (QED) is 0.695. The molecule has 21 heavy (non-hydrogen) atoms. The first-order valence-electron chi connectivity index (χ1n) is 6.12. The van der Waals surface area contributed by atoms with Crippen LogP contribution in [0.4, 0.5) is 4.39 Å². The fourth-order valence-electron chi connectivity index (χ4n) is 2.07. The van der Waals surface area contributed by atoms with E-state index < -0.39 is 5.82 Å². The normalized spacial score (nSPS) is 10.6. The molecule has 0 aliphatic carbocycles. The maximum absolute atomic E-state index is 13.4. The van der Waals surface area contributed by atoms with Crippen molar-refractivity contribution in [1.82, 2.24) is 15.0 Å². The average Bonchev–Trinajstić information content (AvgIpc) is 2.91. The number of nitrogens with zero attached hydrogens (tertiary/aromatic N) is 3. The van der Waals surface area contributed by atoms with E-state index in [1.165, 1.54) is 16.8 Å². The summed E-state index contributed by atoms with van der Waals surface area (Å²) in [7, 11) is 0. The number of carbonyl (C=O) groups is 1. The molecule has 3 aromatic rings. The topological polar surface area (TPSA) is 47.8 Å². The molecule has 1 heterocycles. The zero-order valence-electron chi connectivity index (χ0n) is 10.7. The van der Waals surface area contributed by atoms with Gasteiger partial charge in [0.05, 0.1) is 5.69 Å². The summed E-state index contributed by atoms with van der Waals surface area (Å²) in [6.07, 6.45) is 0.610. The number of hydrogen-bond acceptors (Lipinski definition) is 3. The van der Waals surface area contributed by atoms with Crippen molar-refractivity contribution in [3.8, 4) is 16.9 Å². The molecule has 0 saturated carbocycles. The summed E-state index contributed by atoms with van der Waals surface area (Å²) in [5.74, 6) is -0.396. The maximum atomic E-state index is 13.4. The van der Waals surface area contributed by atoms with E-state index in [1.807, 2.05) is 0 Å². The molecule has 2 aromatic carbocycles. The predicted molar refractivity (Wildman–Crippen MR) is 77.2 cm³/mol. The van der Waals surface area contributed by atoms with Gasteiger partial charge in [-0.3, -0.25) is 4.79 Å². The lowest BCUT2D eigenvalue weighted by Crippen LogP contribution is -2.00. The van der Waals surface area contributed by atoms with E-state index in [9.17, 15) is 9.18 Å². The van der Waals surface area contributed by atoms with Crippen LogP contribution in [0.2, 0.25) is 5.02 Å². The highest BCUT2D eigenvalue weighted by Crippen LogP contribution is 2.26. The molecular weight excluding hydrogens is 293 g/mol. The molecule has 0 N–H and O–H groups in total. The van der Waals surface area contributed by atoms with Crippen molar-refractivity contribution >= 4 is 17.9 Å². The first kappa shape index (κ1) is 13.5. The number of hydrogen-bond donors (Lipinski definition) is 0. The third-order valence-electron chi connectivity index (χ3n) is 2.96. The van der Waals surface area contributed by atoms with Crippen LogP contribution in [-0.4, -0.2) is 21.3 Å². The van der Waals surface area contributed by atoms with Gasteiger partial charge < -0.3 is 0 Å². The lowest BCUT2D eigenvalue weighted by molar-refractivity contribution is 0.111. The van der Waals surface area contributed by atoms with Gasteiger partial charge in [0.15, 0.2) is 12.0 Å². The monoisotopic (exact) mass is 301 g/mol. The molecule has 0 bridgehead atoms. The lowest BCUT2D eigenvalue weighted by atomic mass is 10.1. The first-order valence-corrected chi connectivity index (χ1v) is 6.49. The van der Waals surface area contributed by atoms with Gasteiger partial charge in [-0.05, 0) is 30.3 Å². The first-order chi connectivity index (χ1) is 10.2. The van der Waals surface area contributed by atoms with E-state index in [1.54, 1.807) is 36.4 Å². The molecule has 3 rings (SSSR count). The third kappa shape index (κ3) is 2.55. The van der Waals surface area contributed by atoms with Gasteiger partial charge >= 0.3 is 0 Å². The number of rotatable bonds is 3. The molecule has 0 aliphatic heterocycles. The van der Waals surface area contributed by atoms with Crippen LogP contribution in [0.5, 0.6) is 0 Å². The molecule has 0 atom stereocenters. The number of halogens is 2. The SMILES string of the molecule is O=Cc1nnn(-c2cccc(F)c2)c1-c1cccc(Cl)c1. The zero-order valence-corrected chi connectivity index (χ0v) is 11.5. The highest BCUT2D eigenvalue weighted by atomic mass is 35.5. The molecule has 0 unspecified atom stereocenters. The Morgan fingerprint density at radius 3 is 2.67 bits per heavy atom. The average molecular weight is 302 g/mol. The Hall–Kier alpha value is -2.53. The number of benzene rings is 2.